The number of aromatic nitrogens is 2. The molecule has 0 aliphatic heterocycles. The third kappa shape index (κ3) is 3.29. The van der Waals surface area contributed by atoms with Gasteiger partial charge < -0.3 is 10.1 Å². The molecule has 1 aromatic carbocycles. The number of alkyl halides is 3. The topological polar surface area (TPSA) is 56.2 Å². The fraction of sp³-hybridized carbons (Fsp3) is 0.143. The van der Waals surface area contributed by atoms with Crippen molar-refractivity contribution in [2.24, 2.45) is 0 Å². The first-order valence-electron chi connectivity index (χ1n) is 6.43. The smallest absolute Gasteiger partial charge is 0.406 e. The van der Waals surface area contributed by atoms with Gasteiger partial charge in [-0.15, -0.1) is 24.5 Å². The van der Waals surface area contributed by atoms with E-state index >= 15 is 0 Å². The molecule has 5 nitrogen and oxygen atoms in total. The van der Waals surface area contributed by atoms with Gasteiger partial charge in [-0.2, -0.15) is 9.78 Å². The molecule has 0 fully saturated rings. The van der Waals surface area contributed by atoms with Crippen LogP contribution in [0.15, 0.2) is 35.7 Å². The van der Waals surface area contributed by atoms with E-state index in [0.29, 0.717) is 11.2 Å². The number of anilines is 1. The Morgan fingerprint density at radius 2 is 1.96 bits per heavy atom. The molecule has 2 heterocycles. The van der Waals surface area contributed by atoms with Crippen molar-refractivity contribution in [3.63, 3.8) is 0 Å². The summed E-state index contributed by atoms with van der Waals surface area (Å²) in [6.07, 6.45) is -4.75. The minimum atomic E-state index is -4.75. The van der Waals surface area contributed by atoms with Crippen molar-refractivity contribution < 1.29 is 22.7 Å². The lowest BCUT2D eigenvalue weighted by Gasteiger charge is -2.10. The number of fused-ring (bicyclic) bond motifs is 1. The van der Waals surface area contributed by atoms with Crippen LogP contribution in [0.25, 0.3) is 10.2 Å². The molecule has 23 heavy (non-hydrogen) atoms. The lowest BCUT2D eigenvalue weighted by Crippen LogP contribution is -2.20. The summed E-state index contributed by atoms with van der Waals surface area (Å²) in [6.45, 7) is 1.80. The van der Waals surface area contributed by atoms with Crippen LogP contribution in [0, 0.1) is 6.92 Å². The number of ether oxygens (including phenoxy) is 1. The number of aryl methyl sites for hydroxylation is 1. The van der Waals surface area contributed by atoms with E-state index in [4.69, 9.17) is 0 Å². The summed E-state index contributed by atoms with van der Waals surface area (Å²) in [5.74, 6) is -0.356. The van der Waals surface area contributed by atoms with Crippen molar-refractivity contribution >= 4 is 33.3 Å². The molecule has 3 aromatic rings. The Morgan fingerprint density at radius 3 is 2.61 bits per heavy atom. The molecule has 0 saturated carbocycles. The number of halogens is 3. The summed E-state index contributed by atoms with van der Waals surface area (Å²) in [4.78, 5) is 12.2. The van der Waals surface area contributed by atoms with Crippen LogP contribution in [-0.2, 0) is 0 Å². The first-order chi connectivity index (χ1) is 10.8. The maximum absolute atomic E-state index is 12.2. The number of thiophene rings is 1. The quantitative estimate of drug-likeness (QED) is 0.752. The highest BCUT2D eigenvalue weighted by Crippen LogP contribution is 2.26. The monoisotopic (exact) mass is 341 g/mol. The van der Waals surface area contributed by atoms with Crippen molar-refractivity contribution in [1.29, 1.82) is 0 Å². The molecule has 0 unspecified atom stereocenters. The van der Waals surface area contributed by atoms with E-state index in [1.165, 1.54) is 28.2 Å². The molecule has 0 radical (unpaired) electrons. The second-order valence-electron chi connectivity index (χ2n) is 4.63. The molecule has 0 aliphatic rings. The normalized spacial score (nSPS) is 11.7. The van der Waals surface area contributed by atoms with Gasteiger partial charge in [0.2, 0.25) is 0 Å². The molecule has 1 amide bonds. The van der Waals surface area contributed by atoms with Crippen molar-refractivity contribution in [1.82, 2.24) is 9.78 Å². The second-order valence-corrected chi connectivity index (χ2v) is 5.55. The van der Waals surface area contributed by atoms with E-state index in [9.17, 15) is 18.0 Å². The van der Waals surface area contributed by atoms with Gasteiger partial charge >= 0.3 is 12.4 Å². The highest BCUT2D eigenvalue weighted by atomic mass is 32.1. The minimum absolute atomic E-state index is 0.334. The van der Waals surface area contributed by atoms with Gasteiger partial charge in [-0.05, 0) is 42.6 Å². The number of rotatable bonds is 2. The zero-order valence-electron chi connectivity index (χ0n) is 11.7. The van der Waals surface area contributed by atoms with E-state index in [1.54, 1.807) is 13.0 Å². The number of hydrogen-bond acceptors (Lipinski definition) is 4. The predicted octanol–water partition coefficient (Wildman–Crippen LogP) is 4.39. The molecule has 2 aromatic heterocycles. The highest BCUT2D eigenvalue weighted by Gasteiger charge is 2.31. The molecule has 0 bridgehead atoms. The Labute approximate surface area is 132 Å². The van der Waals surface area contributed by atoms with Crippen molar-refractivity contribution in [3.8, 4) is 5.75 Å². The van der Waals surface area contributed by atoms with Crippen LogP contribution in [0.2, 0.25) is 0 Å². The van der Waals surface area contributed by atoms with Gasteiger partial charge in [-0.25, -0.2) is 4.79 Å². The number of carbonyl (C=O) groups is 1. The summed E-state index contributed by atoms with van der Waals surface area (Å²) in [5, 5.41) is 8.58. The average Bonchev–Trinajstić information content (AvgIpc) is 3.04. The number of carbonyl (C=O) groups excluding carboxylic acids is 1. The second kappa shape index (κ2) is 5.58. The first kappa shape index (κ1) is 15.3. The highest BCUT2D eigenvalue weighted by molar-refractivity contribution is 7.17. The molecular formula is C14H10F3N3O2S. The van der Waals surface area contributed by atoms with E-state index in [1.807, 2.05) is 5.38 Å². The maximum Gasteiger partial charge on any atom is 0.573 e. The van der Waals surface area contributed by atoms with Crippen LogP contribution >= 0.6 is 11.3 Å². The Kier molecular flexibility index (Phi) is 3.72. The molecular weight excluding hydrogens is 331 g/mol. The van der Waals surface area contributed by atoms with Crippen LogP contribution in [0.5, 0.6) is 5.75 Å². The van der Waals surface area contributed by atoms with Crippen molar-refractivity contribution in [2.75, 3.05) is 5.32 Å². The van der Waals surface area contributed by atoms with Gasteiger partial charge in [-0.1, -0.05) is 0 Å². The Morgan fingerprint density at radius 1 is 1.26 bits per heavy atom. The van der Waals surface area contributed by atoms with Crippen LogP contribution in [-0.4, -0.2) is 22.2 Å². The Bertz CT molecular complexity index is 852. The summed E-state index contributed by atoms with van der Waals surface area (Å²) in [6, 6.07) is 6.17. The van der Waals surface area contributed by atoms with Gasteiger partial charge in [-0.3, -0.25) is 0 Å². The average molecular weight is 341 g/mol. The third-order valence-corrected chi connectivity index (χ3v) is 4.00. The summed E-state index contributed by atoms with van der Waals surface area (Å²) in [7, 11) is 0. The van der Waals surface area contributed by atoms with Crippen LogP contribution in [0.3, 0.4) is 0 Å². The SMILES string of the molecule is Cc1nn(C(=O)Nc2ccc(OC(F)(F)F)cc2)c2ccsc12. The van der Waals surface area contributed by atoms with Gasteiger partial charge in [0, 0.05) is 5.69 Å². The Balaban J connectivity index is 1.76. The first-order valence-corrected chi connectivity index (χ1v) is 7.31. The summed E-state index contributed by atoms with van der Waals surface area (Å²) in [5.41, 5.74) is 1.75. The van der Waals surface area contributed by atoms with Gasteiger partial charge in [0.05, 0.1) is 15.9 Å². The van der Waals surface area contributed by atoms with E-state index in [2.05, 4.69) is 15.2 Å². The van der Waals surface area contributed by atoms with Crippen LogP contribution in [0.1, 0.15) is 5.69 Å². The fourth-order valence-electron chi connectivity index (χ4n) is 2.06. The molecule has 0 atom stereocenters. The van der Waals surface area contributed by atoms with Gasteiger partial charge in [0.1, 0.15) is 5.75 Å². The zero-order valence-corrected chi connectivity index (χ0v) is 12.5. The molecule has 0 spiro atoms. The number of benzene rings is 1. The van der Waals surface area contributed by atoms with Crippen LogP contribution in [0.4, 0.5) is 23.7 Å². The number of nitrogens with zero attached hydrogens (tertiary/aromatic N) is 2. The van der Waals surface area contributed by atoms with Crippen molar-refractivity contribution in [3.05, 3.63) is 41.4 Å². The standard InChI is InChI=1S/C14H10F3N3O2S/c1-8-12-11(6-7-23-12)20(19-8)13(21)18-9-2-4-10(5-3-9)22-14(15,16)17/h2-7H,1H3,(H,18,21). The van der Waals surface area contributed by atoms with Crippen molar-refractivity contribution in [2.45, 2.75) is 13.3 Å². The van der Waals surface area contributed by atoms with E-state index in [0.717, 1.165) is 22.5 Å². The Hall–Kier alpha value is -2.55. The van der Waals surface area contributed by atoms with E-state index < -0.39 is 12.4 Å². The van der Waals surface area contributed by atoms with Gasteiger partial charge in [0.15, 0.2) is 0 Å². The van der Waals surface area contributed by atoms with E-state index in [-0.39, 0.29) is 5.75 Å². The molecule has 0 saturated heterocycles. The number of nitrogens with one attached hydrogen (secondary N) is 1. The molecule has 120 valence electrons. The predicted molar refractivity (Wildman–Crippen MR) is 79.9 cm³/mol. The van der Waals surface area contributed by atoms with Crippen LogP contribution < -0.4 is 10.1 Å². The summed E-state index contributed by atoms with van der Waals surface area (Å²) < 4.78 is 42.2. The lowest BCUT2D eigenvalue weighted by atomic mass is 10.3. The zero-order chi connectivity index (χ0) is 16.6. The maximum atomic E-state index is 12.2. The number of hydrogen-bond donors (Lipinski definition) is 1. The number of amides is 1. The fourth-order valence-corrected chi connectivity index (χ4v) is 2.88. The molecule has 1 N–H and O–H groups in total. The largest absolute Gasteiger partial charge is 0.573 e. The summed E-state index contributed by atoms with van der Waals surface area (Å²) >= 11 is 1.48. The molecule has 9 heteroatoms. The molecule has 0 aliphatic carbocycles. The minimum Gasteiger partial charge on any atom is -0.406 e. The lowest BCUT2D eigenvalue weighted by molar-refractivity contribution is -0.274. The van der Waals surface area contributed by atoms with Gasteiger partial charge in [0.25, 0.3) is 0 Å². The third-order valence-electron chi connectivity index (χ3n) is 2.98. The molecule has 3 rings (SSSR count).